The van der Waals surface area contributed by atoms with Crippen LogP contribution in [0, 0.1) is 5.92 Å². The van der Waals surface area contributed by atoms with Gasteiger partial charge in [0.15, 0.2) is 0 Å². The van der Waals surface area contributed by atoms with Crippen LogP contribution in [-0.4, -0.2) is 54.2 Å². The Morgan fingerprint density at radius 1 is 0.948 bits per heavy atom. The van der Waals surface area contributed by atoms with Gasteiger partial charge in [-0.25, -0.2) is 18.6 Å². The number of imide groups is 1. The minimum absolute atomic E-state index is 0.0602. The number of carbonyl (C=O) groups excluding carboxylic acids is 3. The van der Waals surface area contributed by atoms with Crippen LogP contribution in [0.5, 0.6) is 0 Å². The van der Waals surface area contributed by atoms with Crippen LogP contribution < -0.4 is 21.6 Å². The Morgan fingerprint density at radius 2 is 1.69 bits per heavy atom. The van der Waals surface area contributed by atoms with E-state index in [4.69, 9.17) is 0 Å². The number of halogens is 5. The van der Waals surface area contributed by atoms with Crippen molar-refractivity contribution in [2.24, 2.45) is 13.0 Å². The van der Waals surface area contributed by atoms with Gasteiger partial charge < -0.3 is 10.6 Å². The number of anilines is 1. The number of rotatable bonds is 9. The number of alkyl halides is 5. The second kappa shape index (κ2) is 15.7. The van der Waals surface area contributed by atoms with Crippen molar-refractivity contribution < 1.29 is 36.3 Å². The van der Waals surface area contributed by atoms with E-state index < -0.39 is 47.4 Å². The number of pyridine rings is 1. The van der Waals surface area contributed by atoms with E-state index in [1.165, 1.54) is 16.7 Å². The minimum Gasteiger partial charge on any atom is -0.320 e. The van der Waals surface area contributed by atoms with Crippen LogP contribution in [0.2, 0.25) is 0 Å². The molecule has 0 bridgehead atoms. The maximum atomic E-state index is 14.1. The van der Waals surface area contributed by atoms with E-state index in [9.17, 15) is 41.1 Å². The van der Waals surface area contributed by atoms with E-state index in [0.717, 1.165) is 87.2 Å². The molecule has 8 rings (SSSR count). The van der Waals surface area contributed by atoms with Gasteiger partial charge in [0.1, 0.15) is 17.4 Å². The van der Waals surface area contributed by atoms with Crippen molar-refractivity contribution in [3.05, 3.63) is 87.7 Å². The van der Waals surface area contributed by atoms with E-state index in [-0.39, 0.29) is 42.1 Å². The van der Waals surface area contributed by atoms with E-state index in [1.807, 2.05) is 12.1 Å². The number of aromatic nitrogens is 5. The number of amides is 3. The van der Waals surface area contributed by atoms with Crippen LogP contribution >= 0.6 is 0 Å². The van der Waals surface area contributed by atoms with E-state index in [2.05, 4.69) is 32.1 Å². The quantitative estimate of drug-likeness (QED) is 0.105. The fraction of sp³-hybridized carbons (Fsp3) is 0.463. The number of imidazole rings is 1. The third-order valence-electron chi connectivity index (χ3n) is 12.2. The molecular weight excluding hydrogens is 763 g/mol. The summed E-state index contributed by atoms with van der Waals surface area (Å²) in [5, 5.41) is 13.6. The number of carbonyl (C=O) groups is 3. The van der Waals surface area contributed by atoms with Gasteiger partial charge in [-0.15, -0.1) is 0 Å². The summed E-state index contributed by atoms with van der Waals surface area (Å²) in [6, 6.07) is 11.0. The lowest BCUT2D eigenvalue weighted by Gasteiger charge is -2.33. The van der Waals surface area contributed by atoms with Crippen LogP contribution in [0.1, 0.15) is 116 Å². The van der Waals surface area contributed by atoms with E-state index in [0.29, 0.717) is 28.4 Å². The molecule has 0 spiro atoms. The van der Waals surface area contributed by atoms with Crippen molar-refractivity contribution in [2.45, 2.75) is 101 Å². The molecule has 17 heteroatoms. The van der Waals surface area contributed by atoms with Crippen LogP contribution in [0.15, 0.2) is 59.5 Å². The van der Waals surface area contributed by atoms with Gasteiger partial charge in [-0.05, 0) is 112 Å². The zero-order valence-corrected chi connectivity index (χ0v) is 31.7. The summed E-state index contributed by atoms with van der Waals surface area (Å²) in [4.78, 5) is 54.0. The molecule has 306 valence electrons. The number of hydrogen-bond acceptors (Lipinski definition) is 7. The van der Waals surface area contributed by atoms with E-state index >= 15 is 0 Å². The topological polar surface area (TPSA) is 145 Å². The molecule has 2 aromatic carbocycles. The molecule has 3 aliphatic rings. The Kier molecular flexibility index (Phi) is 10.7. The highest BCUT2D eigenvalue weighted by molar-refractivity contribution is 6.04. The molecule has 5 aromatic rings. The highest BCUT2D eigenvalue weighted by atomic mass is 19.4. The van der Waals surface area contributed by atoms with Crippen LogP contribution in [-0.2, 0) is 22.8 Å². The second-order valence-electron chi connectivity index (χ2n) is 15.8. The molecule has 2 aliphatic carbocycles. The van der Waals surface area contributed by atoms with Crippen LogP contribution in [0.3, 0.4) is 0 Å². The molecule has 1 aliphatic heterocycles. The largest absolute Gasteiger partial charge is 0.433 e. The number of hydrogen-bond donors (Lipinski definition) is 3. The van der Waals surface area contributed by atoms with Gasteiger partial charge in [-0.1, -0.05) is 18.2 Å². The number of piperidine rings is 1. The molecule has 1 atom stereocenters. The summed E-state index contributed by atoms with van der Waals surface area (Å²) in [6.07, 6.45) is 1.98. The molecule has 4 heterocycles. The van der Waals surface area contributed by atoms with Crippen molar-refractivity contribution in [3.63, 3.8) is 0 Å². The summed E-state index contributed by atoms with van der Waals surface area (Å²) >= 11 is 0. The lowest BCUT2D eigenvalue weighted by atomic mass is 9.80. The maximum absolute atomic E-state index is 14.1. The molecule has 3 aromatic heterocycles. The number of aryl methyl sites for hydroxylation is 1. The fourth-order valence-corrected chi connectivity index (χ4v) is 9.07. The predicted octanol–water partition coefficient (Wildman–Crippen LogP) is 7.32. The average molecular weight is 807 g/mol. The molecule has 0 radical (unpaired) electrons. The molecule has 3 amide bonds. The average Bonchev–Trinajstić information content (AvgIpc) is 3.74. The van der Waals surface area contributed by atoms with Gasteiger partial charge in [0, 0.05) is 36.7 Å². The fourth-order valence-electron chi connectivity index (χ4n) is 9.07. The molecule has 1 saturated heterocycles. The van der Waals surface area contributed by atoms with Crippen LogP contribution in [0.4, 0.5) is 27.6 Å². The third kappa shape index (κ3) is 7.75. The second-order valence-corrected chi connectivity index (χ2v) is 15.8. The summed E-state index contributed by atoms with van der Waals surface area (Å²) in [5.41, 5.74) is 0.186. The Labute approximate surface area is 329 Å². The zero-order valence-electron chi connectivity index (χ0n) is 31.7. The van der Waals surface area contributed by atoms with Gasteiger partial charge in [0.05, 0.1) is 28.3 Å². The van der Waals surface area contributed by atoms with Crippen molar-refractivity contribution >= 4 is 45.3 Å². The molecular formula is C41H43F5N8O4. The third-order valence-corrected chi connectivity index (χ3v) is 12.2. The van der Waals surface area contributed by atoms with Gasteiger partial charge in [-0.2, -0.15) is 18.3 Å². The number of benzene rings is 2. The maximum Gasteiger partial charge on any atom is 0.433 e. The Hall–Kier alpha value is -5.45. The SMILES string of the molecule is Cn1c(=O)n(C2CCC(=O)NC2=O)c2cccc(C3CCC(NCC4CCC(n5cc6cc(NC(=O)c7cccc(C(F)(F)F)n7)c(C(F)F)cc6n5)CC4)CC3)c21. The number of nitrogens with one attached hydrogen (secondary N) is 3. The molecule has 12 nitrogen and oxygen atoms in total. The standard InChI is InChI=1S/C41H43F5N8O4/c1-52-36-27(4-2-6-32(36)54(40(52)58)33-16-17-35(55)50-39(33)57)23-10-12-25(13-11-23)47-20-22-8-14-26(15-9-22)53-21-24-18-31(28(37(42)43)19-30(24)51-53)49-38(56)29-5-3-7-34(48-29)41(44,45)46/h2-7,18-19,21-23,25-26,33,37,47H,8-17,20H2,1H3,(H,49,56)(H,50,55,57). The van der Waals surface area contributed by atoms with Crippen molar-refractivity contribution in [1.82, 2.24) is 34.5 Å². The smallest absolute Gasteiger partial charge is 0.320 e. The number of nitrogens with zero attached hydrogens (tertiary/aromatic N) is 5. The highest BCUT2D eigenvalue weighted by Crippen LogP contribution is 2.39. The van der Waals surface area contributed by atoms with Crippen molar-refractivity contribution in [3.8, 4) is 0 Å². The molecule has 3 N–H and O–H groups in total. The lowest BCUT2D eigenvalue weighted by molar-refractivity contribution is -0.141. The molecule has 1 unspecified atom stereocenters. The van der Waals surface area contributed by atoms with Gasteiger partial charge in [0.25, 0.3) is 12.3 Å². The normalized spacial score (nSPS) is 23.1. The first-order valence-electron chi connectivity index (χ1n) is 19.7. The van der Waals surface area contributed by atoms with Gasteiger partial charge in [-0.3, -0.25) is 33.5 Å². The minimum atomic E-state index is -4.77. The Balaban J connectivity index is 0.859. The van der Waals surface area contributed by atoms with E-state index in [1.54, 1.807) is 22.5 Å². The summed E-state index contributed by atoms with van der Waals surface area (Å²) in [7, 11) is 1.74. The first-order chi connectivity index (χ1) is 27.7. The first kappa shape index (κ1) is 39.4. The Morgan fingerprint density at radius 3 is 2.40 bits per heavy atom. The monoisotopic (exact) mass is 806 g/mol. The molecule has 2 saturated carbocycles. The summed E-state index contributed by atoms with van der Waals surface area (Å²) < 4.78 is 72.6. The van der Waals surface area contributed by atoms with Crippen molar-refractivity contribution in [2.75, 3.05) is 11.9 Å². The highest BCUT2D eigenvalue weighted by Gasteiger charge is 2.35. The molecule has 58 heavy (non-hydrogen) atoms. The van der Waals surface area contributed by atoms with Crippen molar-refractivity contribution in [1.29, 1.82) is 0 Å². The lowest BCUT2D eigenvalue weighted by Crippen LogP contribution is -2.44. The number of para-hydroxylation sites is 1. The van der Waals surface area contributed by atoms with Crippen LogP contribution in [0.25, 0.3) is 21.9 Å². The Bertz CT molecular complexity index is 2440. The zero-order chi connectivity index (χ0) is 40.9. The van der Waals surface area contributed by atoms with Gasteiger partial charge in [0.2, 0.25) is 11.8 Å². The summed E-state index contributed by atoms with van der Waals surface area (Å²) in [6.45, 7) is 0.879. The molecule has 3 fully saturated rings. The van der Waals surface area contributed by atoms with Gasteiger partial charge >= 0.3 is 11.9 Å². The number of fused-ring (bicyclic) bond motifs is 2. The first-order valence-corrected chi connectivity index (χ1v) is 19.7. The predicted molar refractivity (Wildman–Crippen MR) is 204 cm³/mol. The summed E-state index contributed by atoms with van der Waals surface area (Å²) in [5.74, 6) is -1.08.